The number of fused-ring (bicyclic) bond motifs is 12. The van der Waals surface area contributed by atoms with Crippen LogP contribution in [0.25, 0.3) is 146 Å². The van der Waals surface area contributed by atoms with Crippen LogP contribution in [0.15, 0.2) is 487 Å². The summed E-state index contributed by atoms with van der Waals surface area (Å²) in [5.74, 6) is 3.07. The van der Waals surface area contributed by atoms with Crippen molar-refractivity contribution < 1.29 is 18.9 Å². The molecule has 0 amide bonds. The second kappa shape index (κ2) is 39.3. The summed E-state index contributed by atoms with van der Waals surface area (Å²) in [6, 6.07) is 165. The lowest BCUT2D eigenvalue weighted by atomic mass is 9.82. The fourth-order valence-corrected chi connectivity index (χ4v) is 21.2. The van der Waals surface area contributed by atoms with Crippen LogP contribution in [0.2, 0.25) is 0 Å². The highest BCUT2D eigenvalue weighted by Crippen LogP contribution is 2.54. The van der Waals surface area contributed by atoms with Gasteiger partial charge in [0, 0.05) is 90.4 Å². The van der Waals surface area contributed by atoms with E-state index in [-0.39, 0.29) is 10.8 Å². The minimum atomic E-state index is -0.127. The Bertz CT molecular complexity index is 8590. The molecule has 0 N–H and O–H groups in total. The summed E-state index contributed by atoms with van der Waals surface area (Å²) in [6.07, 6.45) is 7.41. The normalized spacial score (nSPS) is 12.3. The van der Waals surface area contributed by atoms with E-state index in [1.54, 1.807) is 0 Å². The molecule has 0 bridgehead atoms. The van der Waals surface area contributed by atoms with E-state index in [4.69, 9.17) is 18.9 Å². The van der Waals surface area contributed by atoms with Crippen molar-refractivity contribution in [3.8, 4) is 101 Å². The summed E-state index contributed by atoms with van der Waals surface area (Å²) >= 11 is 0. The molecule has 8 heteroatoms. The van der Waals surface area contributed by atoms with Crippen molar-refractivity contribution in [2.24, 2.45) is 0 Å². The molecule has 0 aliphatic heterocycles. The third-order valence-electron chi connectivity index (χ3n) is 29.1. The molecule has 24 rings (SSSR count). The molecule has 2 aliphatic carbocycles. The number of aromatic nitrogens is 2. The van der Waals surface area contributed by atoms with E-state index in [1.165, 1.54) is 72.1 Å². The summed E-state index contributed by atoms with van der Waals surface area (Å²) < 4.78 is 30.5. The van der Waals surface area contributed by atoms with Crippen molar-refractivity contribution in [2.45, 2.75) is 65.0 Å². The van der Waals surface area contributed by atoms with Gasteiger partial charge in [-0.1, -0.05) is 376 Å². The van der Waals surface area contributed by atoms with Gasteiger partial charge in [-0.05, 0) is 279 Å². The van der Waals surface area contributed by atoms with Crippen LogP contribution in [0.5, 0.6) is 23.0 Å². The molecule has 0 radical (unpaired) electrons. The Hall–Kier alpha value is -18.2. The monoisotopic (exact) mass is 1880 g/mol. The number of para-hydroxylation sites is 1. The van der Waals surface area contributed by atoms with Crippen LogP contribution in [0.3, 0.4) is 0 Å². The molecular weight excluding hydrogens is 1780 g/mol. The van der Waals surface area contributed by atoms with E-state index in [0.29, 0.717) is 26.4 Å². The van der Waals surface area contributed by atoms with Gasteiger partial charge < -0.3 is 37.9 Å². The second-order valence-corrected chi connectivity index (χ2v) is 38.8. The predicted octanol–water partition coefficient (Wildman–Crippen LogP) is 36.7. The van der Waals surface area contributed by atoms with Crippen LogP contribution >= 0.6 is 0 Å². The van der Waals surface area contributed by atoms with Gasteiger partial charge in [0.2, 0.25) is 0 Å². The zero-order chi connectivity index (χ0) is 98.9. The third kappa shape index (κ3) is 18.0. The van der Waals surface area contributed by atoms with Crippen LogP contribution < -0.4 is 28.7 Å². The lowest BCUT2D eigenvalue weighted by Crippen LogP contribution is -2.16. The van der Waals surface area contributed by atoms with Crippen LogP contribution in [0.4, 0.5) is 34.1 Å². The third-order valence-corrected chi connectivity index (χ3v) is 29.1. The topological polar surface area (TPSA) is 53.3 Å². The Labute approximate surface area is 854 Å². The minimum Gasteiger partial charge on any atom is -0.489 e. The van der Waals surface area contributed by atoms with Crippen LogP contribution in [0.1, 0.15) is 94.5 Å². The van der Waals surface area contributed by atoms with Gasteiger partial charge in [0.15, 0.2) is 0 Å². The van der Waals surface area contributed by atoms with E-state index in [2.05, 4.69) is 528 Å². The Morgan fingerprint density at radius 1 is 0.212 bits per heavy atom. The SMILES string of the molecule is C=Cc1ccc(COc2cc(OCc3ccc(C=C)cc3)cc(-n3c4ccccc4c4cc(-c5ccc(N(c6ccc(-c7ccccc7)cc6)c6ccc7c(c6)C(C)(C)c6ccccc6-7)cc5)ccc43)c2)cc1.C=Cc1ccc(COc2ccc(-n3c4ccc(OCc5ccc(C=C)cc5)cc4c4cc(-c5ccc(N(c6ccc(-c7ccccc7)cc6)c6ccc7c(c6)C(C)(C)c6ccccc6-7)cc5)ccc43)cc2)cc1. The molecular formula is C138H108N4O4. The number of hydrogen-bond donors (Lipinski definition) is 0. The quantitative estimate of drug-likeness (QED) is 0.0487. The van der Waals surface area contributed by atoms with E-state index < -0.39 is 0 Å². The van der Waals surface area contributed by atoms with Gasteiger partial charge in [0.1, 0.15) is 49.4 Å². The highest BCUT2D eigenvalue weighted by Gasteiger charge is 2.38. The molecule has 0 saturated heterocycles. The van der Waals surface area contributed by atoms with E-state index in [1.807, 2.05) is 30.4 Å². The second-order valence-electron chi connectivity index (χ2n) is 38.8. The Balaban J connectivity index is 0.000000161. The molecule has 2 aromatic heterocycles. The summed E-state index contributed by atoms with van der Waals surface area (Å²) in [7, 11) is 0. The highest BCUT2D eigenvalue weighted by atomic mass is 16.5. The number of hydrogen-bond acceptors (Lipinski definition) is 6. The molecule has 146 heavy (non-hydrogen) atoms. The summed E-state index contributed by atoms with van der Waals surface area (Å²) in [5, 5.41) is 4.59. The number of benzene rings is 20. The molecule has 0 unspecified atom stereocenters. The predicted molar refractivity (Wildman–Crippen MR) is 611 cm³/mol. The van der Waals surface area contributed by atoms with E-state index in [0.717, 1.165) is 173 Å². The first-order chi connectivity index (χ1) is 71.6. The summed E-state index contributed by atoms with van der Waals surface area (Å²) in [4.78, 5) is 4.78. The maximum atomic E-state index is 6.54. The first-order valence-electron chi connectivity index (χ1n) is 50.0. The van der Waals surface area contributed by atoms with Gasteiger partial charge >= 0.3 is 0 Å². The van der Waals surface area contributed by atoms with Gasteiger partial charge in [-0.3, -0.25) is 0 Å². The molecule has 2 aliphatic rings. The van der Waals surface area contributed by atoms with Crippen LogP contribution in [-0.4, -0.2) is 9.13 Å². The number of anilines is 6. The van der Waals surface area contributed by atoms with Crippen LogP contribution in [-0.2, 0) is 37.3 Å². The molecule has 0 spiro atoms. The van der Waals surface area contributed by atoms with Gasteiger partial charge in [-0.15, -0.1) is 0 Å². The lowest BCUT2D eigenvalue weighted by molar-refractivity contribution is 0.290. The molecule has 0 atom stereocenters. The first kappa shape index (κ1) is 91.5. The average molecular weight is 1890 g/mol. The maximum Gasteiger partial charge on any atom is 0.125 e. The highest BCUT2D eigenvalue weighted by molar-refractivity contribution is 6.12. The average Bonchev–Trinajstić information content (AvgIpc) is 1.60. The van der Waals surface area contributed by atoms with Gasteiger partial charge in [-0.2, -0.15) is 0 Å². The van der Waals surface area contributed by atoms with Crippen molar-refractivity contribution in [1.29, 1.82) is 0 Å². The Morgan fingerprint density at radius 3 is 0.911 bits per heavy atom. The van der Waals surface area contributed by atoms with Crippen molar-refractivity contribution >= 4 is 102 Å². The zero-order valence-corrected chi connectivity index (χ0v) is 82.3. The number of ether oxygens (including phenoxy) is 4. The molecule has 704 valence electrons. The molecule has 0 saturated carbocycles. The van der Waals surface area contributed by atoms with Gasteiger partial charge in [0.05, 0.1) is 27.8 Å². The zero-order valence-electron chi connectivity index (χ0n) is 82.3. The Morgan fingerprint density at radius 2 is 0.507 bits per heavy atom. The fraction of sp³-hybridized carbons (Fsp3) is 0.0725. The molecule has 20 aromatic carbocycles. The Kier molecular flexibility index (Phi) is 24.7. The van der Waals surface area contributed by atoms with E-state index in [9.17, 15) is 0 Å². The number of rotatable bonds is 28. The molecule has 2 heterocycles. The largest absolute Gasteiger partial charge is 0.489 e. The lowest BCUT2D eigenvalue weighted by Gasteiger charge is -2.28. The summed E-state index contributed by atoms with van der Waals surface area (Å²) in [6.45, 7) is 26.8. The smallest absolute Gasteiger partial charge is 0.125 e. The van der Waals surface area contributed by atoms with Crippen molar-refractivity contribution in [3.63, 3.8) is 0 Å². The minimum absolute atomic E-state index is 0.124. The van der Waals surface area contributed by atoms with E-state index >= 15 is 0 Å². The van der Waals surface area contributed by atoms with Gasteiger partial charge in [0.25, 0.3) is 0 Å². The standard InChI is InChI=1S/2C69H54N2O2/c1-5-47-20-24-49(25-21-47)45-72-59-41-58(42-60(44-59)73-46-50-26-22-48(6-2)23-27-50)71-67-19-13-11-17-63(67)64-40-54(32-39-68(64)71)53-30-35-56(36-31-53)70(55-33-28-52(29-34-55)51-14-8-7-9-15-51)57-37-38-62-61-16-10-12-18-65(61)69(3,4)66(62)43-57;1-5-47-16-20-49(21-17-47)45-72-59-36-33-57(34-37-59)71-67-40-28-54(42-63(67)64-44-60(38-41-68(64)71)73-46-50-22-18-48(6-2)19-23-50)53-26-31-56(32-27-53)70(55-29-24-52(25-30-55)51-12-8-7-9-13-51)58-35-39-62-61-14-10-11-15-65(61)69(3,4)66(62)43-58/h2*5-44H,1-2,45-46H2,3-4H3. The van der Waals surface area contributed by atoms with Gasteiger partial charge in [-0.25, -0.2) is 0 Å². The van der Waals surface area contributed by atoms with Crippen molar-refractivity contribution in [1.82, 2.24) is 9.13 Å². The number of nitrogens with zero attached hydrogens (tertiary/aromatic N) is 4. The fourth-order valence-electron chi connectivity index (χ4n) is 21.2. The van der Waals surface area contributed by atoms with Crippen molar-refractivity contribution in [3.05, 3.63) is 554 Å². The maximum absolute atomic E-state index is 6.54. The first-order valence-corrected chi connectivity index (χ1v) is 50.0. The molecule has 8 nitrogen and oxygen atoms in total. The molecule has 0 fully saturated rings. The summed E-state index contributed by atoms with van der Waals surface area (Å²) in [5.41, 5.74) is 41.4. The van der Waals surface area contributed by atoms with Crippen molar-refractivity contribution in [2.75, 3.05) is 9.80 Å². The van der Waals surface area contributed by atoms with Crippen LogP contribution in [0, 0.1) is 0 Å². The molecule has 22 aromatic rings.